The fourth-order valence-electron chi connectivity index (χ4n) is 7.11. The quantitative estimate of drug-likeness (QED) is 0.0192. The first-order valence-electron chi connectivity index (χ1n) is 22.2. The normalized spacial score (nSPS) is 22.0. The van der Waals surface area contributed by atoms with E-state index in [0.717, 1.165) is 38.5 Å². The second-order valence-corrected chi connectivity index (χ2v) is 16.8. The molecule has 1 saturated heterocycles. The highest BCUT2D eigenvalue weighted by Gasteiger charge is 2.48. The van der Waals surface area contributed by atoms with Crippen molar-refractivity contribution in [1.29, 1.82) is 0 Å². The number of ether oxygens (including phenoxy) is 2. The van der Waals surface area contributed by atoms with Crippen LogP contribution in [0.4, 0.5) is 0 Å². The molecular formula is C42H81NO12S. The summed E-state index contributed by atoms with van der Waals surface area (Å²) in [6.07, 6.45) is 22.9. The van der Waals surface area contributed by atoms with Crippen LogP contribution in [-0.2, 0) is 28.9 Å². The topological polar surface area (TPSA) is 212 Å². The summed E-state index contributed by atoms with van der Waals surface area (Å²) in [7, 11) is -5.11. The Kier molecular flexibility index (Phi) is 31.7. The summed E-state index contributed by atoms with van der Waals surface area (Å²) in [5.41, 5.74) is 0. The van der Waals surface area contributed by atoms with Crippen LogP contribution in [0.1, 0.15) is 187 Å². The number of rotatable bonds is 37. The third-order valence-electron chi connectivity index (χ3n) is 10.7. The Hall–Kier alpha value is -1.20. The molecule has 1 heterocycles. The van der Waals surface area contributed by atoms with Crippen molar-refractivity contribution >= 4 is 16.3 Å². The fraction of sp³-hybridized carbons (Fsp3) is 0.929. The van der Waals surface area contributed by atoms with E-state index >= 15 is 0 Å². The predicted octanol–water partition coefficient (Wildman–Crippen LogP) is 6.97. The summed E-state index contributed by atoms with van der Waals surface area (Å²) in [6, 6.07) is -1.11. The molecule has 0 aromatic rings. The molecule has 0 spiro atoms. The Balaban J connectivity index is 2.62. The molecule has 1 aliphatic rings. The molecule has 7 N–H and O–H groups in total. The Bertz CT molecular complexity index is 1080. The van der Waals surface area contributed by atoms with Crippen molar-refractivity contribution in [3.63, 3.8) is 0 Å². The van der Waals surface area contributed by atoms with Gasteiger partial charge in [-0.1, -0.05) is 180 Å². The van der Waals surface area contributed by atoms with Crippen molar-refractivity contribution in [3.05, 3.63) is 12.2 Å². The molecule has 332 valence electrons. The number of allylic oxidation sites excluding steroid dienone is 1. The summed E-state index contributed by atoms with van der Waals surface area (Å²) >= 11 is 0. The number of hydrogen-bond donors (Lipinski definition) is 7. The lowest BCUT2D eigenvalue weighted by Gasteiger charge is -2.41. The van der Waals surface area contributed by atoms with Gasteiger partial charge in [-0.2, -0.15) is 8.42 Å². The number of hydrogen-bond acceptors (Lipinski definition) is 11. The molecule has 0 aromatic carbocycles. The summed E-state index contributed by atoms with van der Waals surface area (Å²) in [5.74, 6) is -0.701. The van der Waals surface area contributed by atoms with E-state index in [2.05, 4.69) is 23.3 Å². The zero-order valence-electron chi connectivity index (χ0n) is 34.8. The van der Waals surface area contributed by atoms with Gasteiger partial charge in [-0.25, -0.2) is 4.18 Å². The Morgan fingerprint density at radius 2 is 1.16 bits per heavy atom. The zero-order valence-corrected chi connectivity index (χ0v) is 35.6. The SMILES string of the molecule is CCCCCCCCCCCCC/C=C/[C@@H](O)[C@H](CO[C@@H]1OC(CO)[C@H](O)[C@H](OS(=O)(=O)O)C1O)NC(=O)[C@@H](O)CCCCCCCCCCCCCCCC. The van der Waals surface area contributed by atoms with Crippen molar-refractivity contribution in [2.75, 3.05) is 13.2 Å². The first-order chi connectivity index (χ1) is 26.9. The van der Waals surface area contributed by atoms with E-state index < -0.39 is 78.5 Å². The summed E-state index contributed by atoms with van der Waals surface area (Å²) in [5, 5.41) is 55.1. The molecule has 8 atom stereocenters. The lowest BCUT2D eigenvalue weighted by Crippen LogP contribution is -2.61. The molecule has 13 nitrogen and oxygen atoms in total. The minimum atomic E-state index is -5.11. The van der Waals surface area contributed by atoms with Gasteiger partial charge in [-0.3, -0.25) is 9.35 Å². The maximum Gasteiger partial charge on any atom is 0.397 e. The van der Waals surface area contributed by atoms with Crippen LogP contribution in [0.15, 0.2) is 12.2 Å². The maximum absolute atomic E-state index is 13.1. The molecule has 0 aliphatic carbocycles. The Morgan fingerprint density at radius 3 is 1.61 bits per heavy atom. The van der Waals surface area contributed by atoms with E-state index in [0.29, 0.717) is 12.8 Å². The molecule has 0 aromatic heterocycles. The molecule has 1 fully saturated rings. The van der Waals surface area contributed by atoms with E-state index in [1.54, 1.807) is 0 Å². The van der Waals surface area contributed by atoms with Gasteiger partial charge < -0.3 is 40.3 Å². The van der Waals surface area contributed by atoms with Gasteiger partial charge in [0.25, 0.3) is 0 Å². The first kappa shape index (κ1) is 52.8. The number of aliphatic hydroxyl groups is 5. The first-order valence-corrected chi connectivity index (χ1v) is 23.5. The number of carbonyl (C=O) groups excluding carboxylic acids is 1. The predicted molar refractivity (Wildman–Crippen MR) is 219 cm³/mol. The summed E-state index contributed by atoms with van der Waals surface area (Å²) in [6.45, 7) is 3.20. The Labute approximate surface area is 339 Å². The van der Waals surface area contributed by atoms with Crippen LogP contribution in [-0.4, -0.2) is 107 Å². The van der Waals surface area contributed by atoms with Gasteiger partial charge in [0.15, 0.2) is 6.29 Å². The smallest absolute Gasteiger partial charge is 0.394 e. The van der Waals surface area contributed by atoms with Crippen LogP contribution in [0.5, 0.6) is 0 Å². The van der Waals surface area contributed by atoms with Gasteiger partial charge in [-0.15, -0.1) is 0 Å². The standard InChI is InChI=1S/C42H81NO12S/c1-3-5-7-9-11-13-15-17-19-21-23-25-27-29-31-36(46)41(49)43-34(35(45)30-28-26-24-22-20-18-16-14-12-10-8-6-4-2)33-53-42-39(48)40(55-56(50,51)52)38(47)37(32-44)54-42/h28,30,34-40,42,44-48H,3-27,29,31-33H2,1-2H3,(H,43,49)(H,50,51,52)/b30-28+/t34-,35+,36-,37?,38-,39?,40-,42+/m0/s1. The van der Waals surface area contributed by atoms with Gasteiger partial charge in [0.05, 0.1) is 25.4 Å². The number of amides is 1. The summed E-state index contributed by atoms with van der Waals surface area (Å²) < 4.78 is 47.4. The van der Waals surface area contributed by atoms with Gasteiger partial charge in [0.2, 0.25) is 5.91 Å². The minimum Gasteiger partial charge on any atom is -0.394 e. The van der Waals surface area contributed by atoms with Crippen LogP contribution in [0, 0.1) is 0 Å². The molecule has 0 saturated carbocycles. The van der Waals surface area contributed by atoms with Crippen molar-refractivity contribution < 1.29 is 57.0 Å². The Morgan fingerprint density at radius 1 is 0.714 bits per heavy atom. The second-order valence-electron chi connectivity index (χ2n) is 15.8. The lowest BCUT2D eigenvalue weighted by molar-refractivity contribution is -0.298. The molecular weight excluding hydrogens is 743 g/mol. The number of carbonyl (C=O) groups is 1. The van der Waals surface area contributed by atoms with E-state index in [9.17, 15) is 38.7 Å². The van der Waals surface area contributed by atoms with Gasteiger partial charge >= 0.3 is 10.4 Å². The van der Waals surface area contributed by atoms with Crippen LogP contribution in [0.2, 0.25) is 0 Å². The summed E-state index contributed by atoms with van der Waals surface area (Å²) in [4.78, 5) is 13.1. The largest absolute Gasteiger partial charge is 0.397 e. The molecule has 1 amide bonds. The van der Waals surface area contributed by atoms with Crippen molar-refractivity contribution in [2.45, 2.75) is 236 Å². The van der Waals surface area contributed by atoms with Gasteiger partial charge in [-0.05, 0) is 19.3 Å². The van der Waals surface area contributed by atoms with Crippen molar-refractivity contribution in [1.82, 2.24) is 5.32 Å². The second kappa shape index (κ2) is 33.6. The highest BCUT2D eigenvalue weighted by molar-refractivity contribution is 7.80. The number of nitrogens with one attached hydrogen (secondary N) is 1. The zero-order chi connectivity index (χ0) is 41.4. The average Bonchev–Trinajstić information content (AvgIpc) is 3.16. The van der Waals surface area contributed by atoms with E-state index in [1.165, 1.54) is 122 Å². The fourth-order valence-corrected chi connectivity index (χ4v) is 7.62. The van der Waals surface area contributed by atoms with Gasteiger partial charge in [0.1, 0.15) is 30.5 Å². The highest BCUT2D eigenvalue weighted by atomic mass is 32.3. The lowest BCUT2D eigenvalue weighted by atomic mass is 9.99. The molecule has 56 heavy (non-hydrogen) atoms. The van der Waals surface area contributed by atoms with E-state index in [1.807, 2.05) is 6.08 Å². The molecule has 0 bridgehead atoms. The van der Waals surface area contributed by atoms with Crippen LogP contribution in [0.3, 0.4) is 0 Å². The third-order valence-corrected chi connectivity index (χ3v) is 11.1. The molecule has 0 radical (unpaired) electrons. The molecule has 1 rings (SSSR count). The van der Waals surface area contributed by atoms with E-state index in [-0.39, 0.29) is 6.42 Å². The number of aliphatic hydroxyl groups excluding tert-OH is 5. The van der Waals surface area contributed by atoms with Crippen LogP contribution in [0.25, 0.3) is 0 Å². The van der Waals surface area contributed by atoms with Crippen LogP contribution >= 0.6 is 0 Å². The van der Waals surface area contributed by atoms with Gasteiger partial charge in [0, 0.05) is 0 Å². The maximum atomic E-state index is 13.1. The monoisotopic (exact) mass is 824 g/mol. The minimum absolute atomic E-state index is 0.247. The molecule has 1 aliphatic heterocycles. The average molecular weight is 824 g/mol. The van der Waals surface area contributed by atoms with Crippen LogP contribution < -0.4 is 5.32 Å². The third kappa shape index (κ3) is 26.0. The highest BCUT2D eigenvalue weighted by Crippen LogP contribution is 2.26. The van der Waals surface area contributed by atoms with Crippen molar-refractivity contribution in [2.24, 2.45) is 0 Å². The molecule has 2 unspecified atom stereocenters. The van der Waals surface area contributed by atoms with E-state index in [4.69, 9.17) is 14.0 Å². The van der Waals surface area contributed by atoms with Crippen molar-refractivity contribution in [3.8, 4) is 0 Å². The molecule has 14 heteroatoms. The number of unbranched alkanes of at least 4 members (excludes halogenated alkanes) is 24.